The molecule has 0 saturated carbocycles. The third-order valence-corrected chi connectivity index (χ3v) is 5.04. The van der Waals surface area contributed by atoms with Crippen molar-refractivity contribution in [1.82, 2.24) is 5.32 Å². The van der Waals surface area contributed by atoms with Crippen LogP contribution in [0, 0.1) is 11.7 Å². The Labute approximate surface area is 121 Å². The van der Waals surface area contributed by atoms with E-state index in [2.05, 4.69) is 26.0 Å². The molecule has 19 heavy (non-hydrogen) atoms. The SMILES string of the molecule is O=S(=O)(CC1CCNCC1)Nc1cc(Br)ccc1F. The van der Waals surface area contributed by atoms with E-state index in [1.165, 1.54) is 18.2 Å². The fourth-order valence-electron chi connectivity index (χ4n) is 2.14. The summed E-state index contributed by atoms with van der Waals surface area (Å²) in [5.41, 5.74) is -0.0108. The van der Waals surface area contributed by atoms with Gasteiger partial charge >= 0.3 is 0 Å². The van der Waals surface area contributed by atoms with Gasteiger partial charge in [0.15, 0.2) is 0 Å². The maximum atomic E-state index is 13.5. The molecule has 106 valence electrons. The highest BCUT2D eigenvalue weighted by molar-refractivity contribution is 9.10. The van der Waals surface area contributed by atoms with Gasteiger partial charge in [-0.05, 0) is 50.0 Å². The molecular weight excluding hydrogens is 335 g/mol. The molecule has 1 heterocycles. The smallest absolute Gasteiger partial charge is 0.233 e. The van der Waals surface area contributed by atoms with Crippen molar-refractivity contribution < 1.29 is 12.8 Å². The zero-order valence-corrected chi connectivity index (χ0v) is 12.7. The van der Waals surface area contributed by atoms with Gasteiger partial charge in [0.05, 0.1) is 11.4 Å². The molecule has 1 aliphatic heterocycles. The molecule has 0 radical (unpaired) electrons. The van der Waals surface area contributed by atoms with Crippen molar-refractivity contribution in [2.24, 2.45) is 5.92 Å². The zero-order valence-electron chi connectivity index (χ0n) is 10.3. The largest absolute Gasteiger partial charge is 0.317 e. The van der Waals surface area contributed by atoms with Crippen molar-refractivity contribution in [1.29, 1.82) is 0 Å². The Morgan fingerprint density at radius 2 is 2.05 bits per heavy atom. The first-order valence-corrected chi connectivity index (χ1v) is 8.57. The second kappa shape index (κ2) is 6.19. The molecule has 0 amide bonds. The Bertz CT molecular complexity index is 545. The van der Waals surface area contributed by atoms with Crippen LogP contribution in [0.1, 0.15) is 12.8 Å². The van der Waals surface area contributed by atoms with Gasteiger partial charge in [0, 0.05) is 4.47 Å². The molecule has 2 N–H and O–H groups in total. The van der Waals surface area contributed by atoms with Gasteiger partial charge in [0.25, 0.3) is 0 Å². The lowest BCUT2D eigenvalue weighted by Crippen LogP contribution is -2.33. The van der Waals surface area contributed by atoms with Crippen LogP contribution in [0.3, 0.4) is 0 Å². The maximum absolute atomic E-state index is 13.5. The van der Waals surface area contributed by atoms with Crippen LogP contribution in [0.15, 0.2) is 22.7 Å². The van der Waals surface area contributed by atoms with E-state index in [0.29, 0.717) is 4.47 Å². The lowest BCUT2D eigenvalue weighted by Gasteiger charge is -2.22. The summed E-state index contributed by atoms with van der Waals surface area (Å²) in [6.07, 6.45) is 1.67. The van der Waals surface area contributed by atoms with Gasteiger partial charge in [-0.3, -0.25) is 4.72 Å². The summed E-state index contributed by atoms with van der Waals surface area (Å²) in [5, 5.41) is 3.19. The summed E-state index contributed by atoms with van der Waals surface area (Å²) in [6.45, 7) is 1.68. The number of piperidine rings is 1. The van der Waals surface area contributed by atoms with Crippen molar-refractivity contribution in [3.8, 4) is 0 Å². The summed E-state index contributed by atoms with van der Waals surface area (Å²) in [5.74, 6) is -0.397. The molecule has 7 heteroatoms. The number of anilines is 1. The number of nitrogens with one attached hydrogen (secondary N) is 2. The number of hydrogen-bond donors (Lipinski definition) is 2. The highest BCUT2D eigenvalue weighted by atomic mass is 79.9. The monoisotopic (exact) mass is 350 g/mol. The molecular formula is C12H16BrFN2O2S. The standard InChI is InChI=1S/C12H16BrFN2O2S/c13-10-1-2-11(14)12(7-10)16-19(17,18)8-9-3-5-15-6-4-9/h1-2,7,9,15-16H,3-6,8H2. The van der Waals surface area contributed by atoms with Crippen LogP contribution in [0.25, 0.3) is 0 Å². The van der Waals surface area contributed by atoms with Gasteiger partial charge in [-0.15, -0.1) is 0 Å². The van der Waals surface area contributed by atoms with Crippen molar-refractivity contribution in [2.75, 3.05) is 23.6 Å². The Kier molecular flexibility index (Phi) is 4.81. The third kappa shape index (κ3) is 4.43. The first kappa shape index (κ1) is 14.7. The van der Waals surface area contributed by atoms with E-state index < -0.39 is 15.8 Å². The van der Waals surface area contributed by atoms with Crippen LogP contribution in [0.5, 0.6) is 0 Å². The molecule has 2 rings (SSSR count). The van der Waals surface area contributed by atoms with Crippen molar-refractivity contribution in [3.05, 3.63) is 28.5 Å². The van der Waals surface area contributed by atoms with Crippen LogP contribution < -0.4 is 10.0 Å². The molecule has 1 saturated heterocycles. The van der Waals surface area contributed by atoms with E-state index in [-0.39, 0.29) is 17.4 Å². The van der Waals surface area contributed by atoms with E-state index in [0.717, 1.165) is 25.9 Å². The van der Waals surface area contributed by atoms with E-state index in [1.54, 1.807) is 0 Å². The maximum Gasteiger partial charge on any atom is 0.233 e. The Morgan fingerprint density at radius 3 is 2.74 bits per heavy atom. The van der Waals surface area contributed by atoms with Gasteiger partial charge in [-0.25, -0.2) is 12.8 Å². The minimum absolute atomic E-state index is 0.0108. The molecule has 1 aromatic rings. The minimum atomic E-state index is -3.51. The summed E-state index contributed by atoms with van der Waals surface area (Å²) in [4.78, 5) is 0. The second-order valence-electron chi connectivity index (χ2n) is 4.70. The normalized spacial score (nSPS) is 17.4. The van der Waals surface area contributed by atoms with Gasteiger partial charge in [0.1, 0.15) is 5.82 Å². The molecule has 1 aliphatic rings. The fourth-order valence-corrected chi connectivity index (χ4v) is 4.03. The molecule has 0 spiro atoms. The van der Waals surface area contributed by atoms with Gasteiger partial charge < -0.3 is 5.32 Å². The summed E-state index contributed by atoms with van der Waals surface area (Å²) < 4.78 is 40.5. The molecule has 1 aromatic carbocycles. The van der Waals surface area contributed by atoms with Gasteiger partial charge in [-0.1, -0.05) is 15.9 Å². The Morgan fingerprint density at radius 1 is 1.37 bits per heavy atom. The predicted molar refractivity (Wildman–Crippen MR) is 77.1 cm³/mol. The lowest BCUT2D eigenvalue weighted by atomic mass is 10.0. The molecule has 0 unspecified atom stereocenters. The molecule has 0 aliphatic carbocycles. The highest BCUT2D eigenvalue weighted by Crippen LogP contribution is 2.22. The molecule has 4 nitrogen and oxygen atoms in total. The Hall–Kier alpha value is -0.660. The number of hydrogen-bond acceptors (Lipinski definition) is 3. The van der Waals surface area contributed by atoms with Crippen molar-refractivity contribution in [2.45, 2.75) is 12.8 Å². The van der Waals surface area contributed by atoms with Crippen molar-refractivity contribution in [3.63, 3.8) is 0 Å². The zero-order chi connectivity index (χ0) is 13.9. The third-order valence-electron chi connectivity index (χ3n) is 3.11. The first-order chi connectivity index (χ1) is 8.96. The van der Waals surface area contributed by atoms with Crippen LogP contribution >= 0.6 is 15.9 Å². The average molecular weight is 351 g/mol. The summed E-state index contributed by atoms with van der Waals surface area (Å²) in [7, 11) is -3.51. The number of halogens is 2. The molecule has 0 bridgehead atoms. The topological polar surface area (TPSA) is 58.2 Å². The van der Waals surface area contributed by atoms with Crippen LogP contribution in [-0.4, -0.2) is 27.3 Å². The molecule has 0 aromatic heterocycles. The quantitative estimate of drug-likeness (QED) is 0.876. The molecule has 0 atom stereocenters. The van der Waals surface area contributed by atoms with E-state index >= 15 is 0 Å². The van der Waals surface area contributed by atoms with Crippen molar-refractivity contribution >= 4 is 31.6 Å². The van der Waals surface area contributed by atoms with E-state index in [1.807, 2.05) is 0 Å². The Balaban J connectivity index is 2.05. The minimum Gasteiger partial charge on any atom is -0.317 e. The fraction of sp³-hybridized carbons (Fsp3) is 0.500. The highest BCUT2D eigenvalue weighted by Gasteiger charge is 2.22. The molecule has 1 fully saturated rings. The van der Waals surface area contributed by atoms with E-state index in [4.69, 9.17) is 0 Å². The summed E-state index contributed by atoms with van der Waals surface area (Å²) >= 11 is 3.19. The van der Waals surface area contributed by atoms with E-state index in [9.17, 15) is 12.8 Å². The van der Waals surface area contributed by atoms with Crippen LogP contribution in [0.4, 0.5) is 10.1 Å². The number of benzene rings is 1. The number of rotatable bonds is 4. The van der Waals surface area contributed by atoms with Gasteiger partial charge in [0.2, 0.25) is 10.0 Å². The average Bonchev–Trinajstić information content (AvgIpc) is 2.34. The number of sulfonamides is 1. The first-order valence-electron chi connectivity index (χ1n) is 6.12. The summed E-state index contributed by atoms with van der Waals surface area (Å²) in [6, 6.07) is 4.18. The second-order valence-corrected chi connectivity index (χ2v) is 7.38. The van der Waals surface area contributed by atoms with Crippen LogP contribution in [-0.2, 0) is 10.0 Å². The van der Waals surface area contributed by atoms with Gasteiger partial charge in [-0.2, -0.15) is 0 Å². The van der Waals surface area contributed by atoms with Crippen LogP contribution in [0.2, 0.25) is 0 Å². The lowest BCUT2D eigenvalue weighted by molar-refractivity contribution is 0.402. The predicted octanol–water partition coefficient (Wildman–Crippen LogP) is 2.33.